The Morgan fingerprint density at radius 2 is 2.00 bits per heavy atom. The van der Waals surface area contributed by atoms with Crippen LogP contribution in [0.3, 0.4) is 0 Å². The Balaban J connectivity index is 2.92. The van der Waals surface area contributed by atoms with Crippen LogP contribution >= 0.6 is 0 Å². The molecule has 2 N–H and O–H groups in total. The van der Waals surface area contributed by atoms with E-state index in [2.05, 4.69) is 15.3 Å². The first-order valence-electron chi connectivity index (χ1n) is 4.54. The van der Waals surface area contributed by atoms with Gasteiger partial charge in [0.25, 0.3) is 0 Å². The molecule has 0 radical (unpaired) electrons. The molecular weight excluding hydrogens is 223 g/mol. The van der Waals surface area contributed by atoms with Gasteiger partial charge in [-0.05, 0) is 19.9 Å². The summed E-state index contributed by atoms with van der Waals surface area (Å²) in [4.78, 5) is 6.97. The smallest absolute Gasteiger partial charge is 0.394 e. The van der Waals surface area contributed by atoms with E-state index < -0.39 is 17.4 Å². The molecular formula is C9H12F3N3O. The standard InChI is InChI=1S/C9H12F3N3O/c1-8(2,5-16)15-7-13-4-3-6(14-7)9(10,11)12/h3-4,16H,5H2,1-2H3,(H,13,14,15). The lowest BCUT2D eigenvalue weighted by atomic mass is 10.1. The second-order valence-electron chi connectivity index (χ2n) is 3.93. The van der Waals surface area contributed by atoms with Crippen LogP contribution in [0, 0.1) is 0 Å². The van der Waals surface area contributed by atoms with Crippen molar-refractivity contribution in [2.24, 2.45) is 0 Å². The maximum atomic E-state index is 12.3. The zero-order valence-electron chi connectivity index (χ0n) is 8.84. The monoisotopic (exact) mass is 235 g/mol. The van der Waals surface area contributed by atoms with Crippen molar-refractivity contribution in [3.05, 3.63) is 18.0 Å². The molecule has 0 saturated carbocycles. The zero-order chi connectivity index (χ0) is 12.4. The maximum Gasteiger partial charge on any atom is 0.433 e. The van der Waals surface area contributed by atoms with Crippen LogP contribution in [0.25, 0.3) is 0 Å². The minimum absolute atomic E-state index is 0.158. The van der Waals surface area contributed by atoms with Crippen molar-refractivity contribution in [1.82, 2.24) is 9.97 Å². The highest BCUT2D eigenvalue weighted by molar-refractivity contribution is 5.29. The number of halogens is 3. The summed E-state index contributed by atoms with van der Waals surface area (Å²) >= 11 is 0. The number of alkyl halides is 3. The summed E-state index contributed by atoms with van der Waals surface area (Å²) in [5, 5.41) is 11.6. The van der Waals surface area contributed by atoms with E-state index in [4.69, 9.17) is 5.11 Å². The van der Waals surface area contributed by atoms with Crippen molar-refractivity contribution in [1.29, 1.82) is 0 Å². The highest BCUT2D eigenvalue weighted by Gasteiger charge is 2.33. The number of nitrogens with zero attached hydrogens (tertiary/aromatic N) is 2. The van der Waals surface area contributed by atoms with Crippen molar-refractivity contribution < 1.29 is 18.3 Å². The van der Waals surface area contributed by atoms with Crippen LogP contribution in [-0.4, -0.2) is 27.2 Å². The molecule has 1 rings (SSSR count). The van der Waals surface area contributed by atoms with Crippen LogP contribution < -0.4 is 5.32 Å². The van der Waals surface area contributed by atoms with E-state index in [0.29, 0.717) is 0 Å². The summed E-state index contributed by atoms with van der Waals surface area (Å²) in [6.45, 7) is 3.00. The van der Waals surface area contributed by atoms with Gasteiger partial charge in [0.05, 0.1) is 12.1 Å². The minimum Gasteiger partial charge on any atom is -0.394 e. The van der Waals surface area contributed by atoms with E-state index >= 15 is 0 Å². The number of rotatable bonds is 3. The lowest BCUT2D eigenvalue weighted by Gasteiger charge is -2.23. The highest BCUT2D eigenvalue weighted by Crippen LogP contribution is 2.27. The molecule has 0 unspecified atom stereocenters. The Hall–Kier alpha value is -1.37. The van der Waals surface area contributed by atoms with Gasteiger partial charge in [-0.1, -0.05) is 0 Å². The maximum absolute atomic E-state index is 12.3. The van der Waals surface area contributed by atoms with Gasteiger partial charge in [0.2, 0.25) is 5.95 Å². The minimum atomic E-state index is -4.50. The highest BCUT2D eigenvalue weighted by atomic mass is 19.4. The molecule has 0 aromatic carbocycles. The second-order valence-corrected chi connectivity index (χ2v) is 3.93. The van der Waals surface area contributed by atoms with Crippen molar-refractivity contribution in [2.75, 3.05) is 11.9 Å². The molecule has 1 aromatic rings. The van der Waals surface area contributed by atoms with Gasteiger partial charge in [-0.3, -0.25) is 0 Å². The fourth-order valence-corrected chi connectivity index (χ4v) is 0.919. The van der Waals surface area contributed by atoms with Crippen molar-refractivity contribution in [3.8, 4) is 0 Å². The van der Waals surface area contributed by atoms with Crippen LogP contribution in [0.2, 0.25) is 0 Å². The van der Waals surface area contributed by atoms with Gasteiger partial charge in [0, 0.05) is 6.20 Å². The molecule has 0 spiro atoms. The number of aliphatic hydroxyl groups is 1. The third-order valence-electron chi connectivity index (χ3n) is 1.79. The first-order valence-corrected chi connectivity index (χ1v) is 4.54. The summed E-state index contributed by atoms with van der Waals surface area (Å²) in [5.74, 6) is -0.158. The number of anilines is 1. The lowest BCUT2D eigenvalue weighted by molar-refractivity contribution is -0.141. The molecule has 0 saturated heterocycles. The summed E-state index contributed by atoms with van der Waals surface area (Å²) in [7, 11) is 0. The Morgan fingerprint density at radius 1 is 1.38 bits per heavy atom. The Kier molecular flexibility index (Phi) is 3.37. The summed E-state index contributed by atoms with van der Waals surface area (Å²) in [6.07, 6.45) is -3.48. The predicted octanol–water partition coefficient (Wildman–Crippen LogP) is 1.68. The van der Waals surface area contributed by atoms with Gasteiger partial charge in [0.1, 0.15) is 5.69 Å². The summed E-state index contributed by atoms with van der Waals surface area (Å²) < 4.78 is 36.9. The van der Waals surface area contributed by atoms with Crippen LogP contribution in [-0.2, 0) is 6.18 Å². The third kappa shape index (κ3) is 3.34. The molecule has 0 atom stereocenters. The Morgan fingerprint density at radius 3 is 2.50 bits per heavy atom. The van der Waals surface area contributed by atoms with Gasteiger partial charge in [0.15, 0.2) is 0 Å². The number of aliphatic hydroxyl groups excluding tert-OH is 1. The molecule has 7 heteroatoms. The molecule has 0 aliphatic carbocycles. The molecule has 0 amide bonds. The topological polar surface area (TPSA) is 58.0 Å². The first kappa shape index (κ1) is 12.7. The van der Waals surface area contributed by atoms with Gasteiger partial charge in [-0.2, -0.15) is 13.2 Å². The average Bonchev–Trinajstić information content (AvgIpc) is 2.16. The largest absolute Gasteiger partial charge is 0.433 e. The van der Waals surface area contributed by atoms with Crippen molar-refractivity contribution in [2.45, 2.75) is 25.6 Å². The third-order valence-corrected chi connectivity index (χ3v) is 1.79. The summed E-state index contributed by atoms with van der Waals surface area (Å²) in [5.41, 5.74) is -1.79. The fourth-order valence-electron chi connectivity index (χ4n) is 0.919. The molecule has 0 fully saturated rings. The Bertz CT molecular complexity index is 365. The number of hydrogen-bond donors (Lipinski definition) is 2. The zero-order valence-corrected chi connectivity index (χ0v) is 8.84. The molecule has 1 heterocycles. The second kappa shape index (κ2) is 4.25. The number of hydrogen-bond acceptors (Lipinski definition) is 4. The molecule has 0 aliphatic rings. The first-order chi connectivity index (χ1) is 7.24. The van der Waals surface area contributed by atoms with Crippen LogP contribution in [0.4, 0.5) is 19.1 Å². The normalized spacial score (nSPS) is 12.6. The Labute approximate surface area is 90.5 Å². The molecule has 0 bridgehead atoms. The molecule has 1 aromatic heterocycles. The number of aromatic nitrogens is 2. The fraction of sp³-hybridized carbons (Fsp3) is 0.556. The van der Waals surface area contributed by atoms with Crippen LogP contribution in [0.5, 0.6) is 0 Å². The van der Waals surface area contributed by atoms with E-state index in [9.17, 15) is 13.2 Å². The predicted molar refractivity (Wildman–Crippen MR) is 51.8 cm³/mol. The van der Waals surface area contributed by atoms with Gasteiger partial charge in [-0.15, -0.1) is 0 Å². The van der Waals surface area contributed by atoms with Crippen LogP contribution in [0.15, 0.2) is 12.3 Å². The SMILES string of the molecule is CC(C)(CO)Nc1nccc(C(F)(F)F)n1. The lowest BCUT2D eigenvalue weighted by Crippen LogP contribution is -2.35. The van der Waals surface area contributed by atoms with Gasteiger partial charge < -0.3 is 10.4 Å². The van der Waals surface area contributed by atoms with E-state index in [1.807, 2.05) is 0 Å². The molecule has 0 aliphatic heterocycles. The molecule has 16 heavy (non-hydrogen) atoms. The van der Waals surface area contributed by atoms with Crippen molar-refractivity contribution in [3.63, 3.8) is 0 Å². The summed E-state index contributed by atoms with van der Waals surface area (Å²) in [6, 6.07) is 0.789. The van der Waals surface area contributed by atoms with E-state index in [1.54, 1.807) is 13.8 Å². The quantitative estimate of drug-likeness (QED) is 0.836. The number of nitrogens with one attached hydrogen (secondary N) is 1. The average molecular weight is 235 g/mol. The van der Waals surface area contributed by atoms with E-state index in [1.165, 1.54) is 0 Å². The molecule has 90 valence electrons. The van der Waals surface area contributed by atoms with Gasteiger partial charge in [-0.25, -0.2) is 9.97 Å². The van der Waals surface area contributed by atoms with Crippen molar-refractivity contribution >= 4 is 5.95 Å². The van der Waals surface area contributed by atoms with Crippen LogP contribution in [0.1, 0.15) is 19.5 Å². The van der Waals surface area contributed by atoms with E-state index in [0.717, 1.165) is 12.3 Å². The van der Waals surface area contributed by atoms with Gasteiger partial charge >= 0.3 is 6.18 Å². The van der Waals surface area contributed by atoms with E-state index in [-0.39, 0.29) is 12.6 Å². The molecule has 4 nitrogen and oxygen atoms in total.